The van der Waals surface area contributed by atoms with Crippen LogP contribution in [-0.2, 0) is 0 Å². The molecule has 0 saturated carbocycles. The molecule has 4 nitrogen and oxygen atoms in total. The number of rotatable bonds is 5. The number of hydrogen-bond acceptors (Lipinski definition) is 4. The second-order valence-corrected chi connectivity index (χ2v) is 3.19. The largest absolute Gasteiger partial charge is 0.496 e. The summed E-state index contributed by atoms with van der Waals surface area (Å²) in [6.07, 6.45) is 0.483. The molecule has 0 aliphatic carbocycles. The molecule has 1 atom stereocenters. The molecule has 15 heavy (non-hydrogen) atoms. The van der Waals surface area contributed by atoms with E-state index in [-0.39, 0.29) is 12.6 Å². The Labute approximate surface area is 89.6 Å². The molecule has 0 fully saturated rings. The first-order chi connectivity index (χ1) is 7.24. The lowest BCUT2D eigenvalue weighted by Gasteiger charge is -2.17. The summed E-state index contributed by atoms with van der Waals surface area (Å²) < 4.78 is 10.4. The third-order valence-corrected chi connectivity index (χ3v) is 2.28. The number of aliphatic hydroxyl groups excluding tert-OH is 1. The van der Waals surface area contributed by atoms with Gasteiger partial charge in [0.25, 0.3) is 0 Å². The van der Waals surface area contributed by atoms with Crippen LogP contribution >= 0.6 is 0 Å². The minimum absolute atomic E-state index is 0.0440. The highest BCUT2D eigenvalue weighted by molar-refractivity contribution is 5.46. The Bertz CT molecular complexity index is 292. The van der Waals surface area contributed by atoms with Gasteiger partial charge in [-0.05, 0) is 18.6 Å². The maximum absolute atomic E-state index is 8.86. The fourth-order valence-electron chi connectivity index (χ4n) is 1.53. The van der Waals surface area contributed by atoms with Crippen molar-refractivity contribution >= 4 is 0 Å². The molecular formula is C11H17NO3. The van der Waals surface area contributed by atoms with Crippen molar-refractivity contribution in [1.82, 2.24) is 0 Å². The average molecular weight is 211 g/mol. The topological polar surface area (TPSA) is 64.7 Å². The van der Waals surface area contributed by atoms with E-state index in [9.17, 15) is 0 Å². The lowest BCUT2D eigenvalue weighted by molar-refractivity contribution is 0.273. The minimum Gasteiger partial charge on any atom is -0.496 e. The molecule has 0 spiro atoms. The number of hydrogen-bond donors (Lipinski definition) is 2. The summed E-state index contributed by atoms with van der Waals surface area (Å²) in [5.41, 5.74) is 6.74. The van der Waals surface area contributed by atoms with E-state index in [1.54, 1.807) is 14.2 Å². The highest BCUT2D eigenvalue weighted by Gasteiger charge is 2.16. The maximum atomic E-state index is 8.86. The van der Waals surface area contributed by atoms with Crippen LogP contribution in [0.4, 0.5) is 0 Å². The molecule has 1 unspecified atom stereocenters. The number of aliphatic hydroxyl groups is 1. The fourth-order valence-corrected chi connectivity index (χ4v) is 1.53. The van der Waals surface area contributed by atoms with Crippen LogP contribution in [0.5, 0.6) is 11.5 Å². The lowest BCUT2D eigenvalue weighted by atomic mass is 10.0. The summed E-state index contributed by atoms with van der Waals surface area (Å²) in [5, 5.41) is 8.86. The molecule has 0 heterocycles. The van der Waals surface area contributed by atoms with Crippen LogP contribution < -0.4 is 15.2 Å². The van der Waals surface area contributed by atoms with E-state index in [4.69, 9.17) is 20.3 Å². The van der Waals surface area contributed by atoms with Crippen molar-refractivity contribution in [2.24, 2.45) is 5.73 Å². The van der Waals surface area contributed by atoms with E-state index in [1.807, 2.05) is 18.2 Å². The summed E-state index contributed by atoms with van der Waals surface area (Å²) in [4.78, 5) is 0. The quantitative estimate of drug-likeness (QED) is 0.765. The molecule has 0 aromatic heterocycles. The van der Waals surface area contributed by atoms with E-state index in [0.29, 0.717) is 17.9 Å². The van der Waals surface area contributed by atoms with E-state index in [1.165, 1.54) is 0 Å². The highest BCUT2D eigenvalue weighted by Crippen LogP contribution is 2.33. The summed E-state index contributed by atoms with van der Waals surface area (Å²) in [6.45, 7) is 0.0440. The molecule has 1 rings (SSSR count). The standard InChI is InChI=1S/C11H17NO3/c1-14-9-4-3-5-10(15-2)11(9)8(12)6-7-13/h3-5,8,13H,6-7,12H2,1-2H3. The highest BCUT2D eigenvalue weighted by atomic mass is 16.5. The second kappa shape index (κ2) is 5.58. The van der Waals surface area contributed by atoms with Crippen LogP contribution in [0.15, 0.2) is 18.2 Å². The van der Waals surface area contributed by atoms with Crippen molar-refractivity contribution in [1.29, 1.82) is 0 Å². The molecule has 0 saturated heterocycles. The zero-order valence-corrected chi connectivity index (χ0v) is 9.06. The molecule has 0 aliphatic heterocycles. The third kappa shape index (κ3) is 2.61. The van der Waals surface area contributed by atoms with Gasteiger partial charge in [-0.2, -0.15) is 0 Å². The van der Waals surface area contributed by atoms with Crippen LogP contribution in [0.3, 0.4) is 0 Å². The second-order valence-electron chi connectivity index (χ2n) is 3.19. The van der Waals surface area contributed by atoms with Gasteiger partial charge in [0.05, 0.1) is 19.8 Å². The van der Waals surface area contributed by atoms with E-state index in [2.05, 4.69) is 0 Å². The van der Waals surface area contributed by atoms with Crippen molar-refractivity contribution in [2.45, 2.75) is 12.5 Å². The Morgan fingerprint density at radius 1 is 1.27 bits per heavy atom. The number of benzene rings is 1. The SMILES string of the molecule is COc1cccc(OC)c1C(N)CCO. The van der Waals surface area contributed by atoms with Crippen molar-refractivity contribution < 1.29 is 14.6 Å². The van der Waals surface area contributed by atoms with Gasteiger partial charge in [-0.15, -0.1) is 0 Å². The van der Waals surface area contributed by atoms with Gasteiger partial charge in [0, 0.05) is 12.6 Å². The molecule has 1 aromatic carbocycles. The molecule has 1 aromatic rings. The van der Waals surface area contributed by atoms with Crippen LogP contribution in [0.1, 0.15) is 18.0 Å². The zero-order chi connectivity index (χ0) is 11.3. The Kier molecular flexibility index (Phi) is 4.39. The van der Waals surface area contributed by atoms with Crippen molar-refractivity contribution in [3.63, 3.8) is 0 Å². The minimum atomic E-state index is -0.277. The van der Waals surface area contributed by atoms with E-state index < -0.39 is 0 Å². The average Bonchev–Trinajstić information content (AvgIpc) is 2.28. The van der Waals surface area contributed by atoms with Gasteiger partial charge >= 0.3 is 0 Å². The van der Waals surface area contributed by atoms with Gasteiger partial charge < -0.3 is 20.3 Å². The van der Waals surface area contributed by atoms with Crippen molar-refractivity contribution in [3.05, 3.63) is 23.8 Å². The lowest BCUT2D eigenvalue weighted by Crippen LogP contribution is -2.14. The summed E-state index contributed by atoms with van der Waals surface area (Å²) in [5.74, 6) is 1.38. The maximum Gasteiger partial charge on any atom is 0.127 e. The number of nitrogens with two attached hydrogens (primary N) is 1. The zero-order valence-electron chi connectivity index (χ0n) is 9.06. The molecule has 0 radical (unpaired) electrons. The van der Waals surface area contributed by atoms with E-state index >= 15 is 0 Å². The van der Waals surface area contributed by atoms with Gasteiger partial charge in [-0.1, -0.05) is 6.07 Å². The molecule has 84 valence electrons. The monoisotopic (exact) mass is 211 g/mol. The third-order valence-electron chi connectivity index (χ3n) is 2.28. The van der Waals surface area contributed by atoms with Gasteiger partial charge in [0.1, 0.15) is 11.5 Å². The van der Waals surface area contributed by atoms with Gasteiger partial charge in [-0.3, -0.25) is 0 Å². The van der Waals surface area contributed by atoms with E-state index in [0.717, 1.165) is 5.56 Å². The number of methoxy groups -OCH3 is 2. The van der Waals surface area contributed by atoms with Gasteiger partial charge in [0.15, 0.2) is 0 Å². The smallest absolute Gasteiger partial charge is 0.127 e. The molecule has 0 bridgehead atoms. The summed E-state index contributed by atoms with van der Waals surface area (Å²) in [7, 11) is 3.17. The van der Waals surface area contributed by atoms with Crippen LogP contribution in [-0.4, -0.2) is 25.9 Å². The van der Waals surface area contributed by atoms with Gasteiger partial charge in [0.2, 0.25) is 0 Å². The van der Waals surface area contributed by atoms with Crippen LogP contribution in [0.25, 0.3) is 0 Å². The predicted molar refractivity (Wildman–Crippen MR) is 58.2 cm³/mol. The molecular weight excluding hydrogens is 194 g/mol. The van der Waals surface area contributed by atoms with Crippen LogP contribution in [0.2, 0.25) is 0 Å². The Hall–Kier alpha value is -1.26. The molecule has 3 N–H and O–H groups in total. The normalized spacial score (nSPS) is 12.3. The van der Waals surface area contributed by atoms with Crippen molar-refractivity contribution in [2.75, 3.05) is 20.8 Å². The Balaban J connectivity index is 3.09. The molecule has 0 aliphatic rings. The first-order valence-corrected chi connectivity index (χ1v) is 4.82. The first-order valence-electron chi connectivity index (χ1n) is 4.82. The molecule has 0 amide bonds. The van der Waals surface area contributed by atoms with Gasteiger partial charge in [-0.25, -0.2) is 0 Å². The van der Waals surface area contributed by atoms with Crippen molar-refractivity contribution in [3.8, 4) is 11.5 Å². The molecule has 4 heteroatoms. The first kappa shape index (κ1) is 11.8. The summed E-state index contributed by atoms with van der Waals surface area (Å²) >= 11 is 0. The Morgan fingerprint density at radius 2 is 1.80 bits per heavy atom. The Morgan fingerprint density at radius 3 is 2.20 bits per heavy atom. The fraction of sp³-hybridized carbons (Fsp3) is 0.455. The van der Waals surface area contributed by atoms with Crippen LogP contribution in [0, 0.1) is 0 Å². The predicted octanol–water partition coefficient (Wildman–Crippen LogP) is 1.09. The summed E-state index contributed by atoms with van der Waals surface area (Å²) in [6, 6.07) is 5.22. The number of ether oxygens (including phenoxy) is 2.